The molecule has 0 aliphatic rings. The molecule has 1 heterocycles. The summed E-state index contributed by atoms with van der Waals surface area (Å²) in [5.41, 5.74) is 3.42. The summed E-state index contributed by atoms with van der Waals surface area (Å²) in [7, 11) is 1.60. The van der Waals surface area contributed by atoms with Crippen molar-refractivity contribution in [1.29, 1.82) is 0 Å². The molecule has 0 bridgehead atoms. The molecule has 7 heteroatoms. The topological polar surface area (TPSA) is 89.7 Å². The first kappa shape index (κ1) is 20.5. The van der Waals surface area contributed by atoms with Crippen molar-refractivity contribution >= 4 is 17.6 Å². The van der Waals surface area contributed by atoms with E-state index in [9.17, 15) is 9.59 Å². The van der Waals surface area contributed by atoms with Crippen LogP contribution in [0.15, 0.2) is 18.2 Å². The van der Waals surface area contributed by atoms with Crippen molar-refractivity contribution in [1.82, 2.24) is 4.98 Å². The third kappa shape index (κ3) is 4.89. The highest BCUT2D eigenvalue weighted by atomic mass is 16.5. The van der Waals surface area contributed by atoms with Crippen LogP contribution in [0.1, 0.15) is 44.6 Å². The van der Waals surface area contributed by atoms with Gasteiger partial charge in [0.2, 0.25) is 0 Å². The van der Waals surface area contributed by atoms with Gasteiger partial charge in [-0.15, -0.1) is 0 Å². The van der Waals surface area contributed by atoms with Crippen LogP contribution >= 0.6 is 0 Å². The van der Waals surface area contributed by atoms with E-state index in [2.05, 4.69) is 10.3 Å². The highest BCUT2D eigenvalue weighted by Gasteiger charge is 2.23. The summed E-state index contributed by atoms with van der Waals surface area (Å²) in [6, 6.07) is 5.52. The molecule has 1 amide bonds. The summed E-state index contributed by atoms with van der Waals surface area (Å²) in [6.07, 6.45) is 0. The number of aromatic nitrogens is 1. The van der Waals surface area contributed by atoms with E-state index in [1.807, 2.05) is 19.1 Å². The minimum absolute atomic E-state index is 0.274. The average molecular weight is 374 g/mol. The van der Waals surface area contributed by atoms with Gasteiger partial charge in [-0.2, -0.15) is 0 Å². The van der Waals surface area contributed by atoms with Crippen LogP contribution in [0.25, 0.3) is 0 Å². The number of anilines is 1. The van der Waals surface area contributed by atoms with Gasteiger partial charge in [0.05, 0.1) is 24.5 Å². The van der Waals surface area contributed by atoms with Crippen LogP contribution in [0, 0.1) is 20.8 Å². The first-order valence-electron chi connectivity index (χ1n) is 8.79. The van der Waals surface area contributed by atoms with Crippen LogP contribution in [0.3, 0.4) is 0 Å². The number of hydrogen-bond acceptors (Lipinski definition) is 5. The summed E-state index contributed by atoms with van der Waals surface area (Å²) in [6.45, 7) is 8.23. The second kappa shape index (κ2) is 9.23. The first-order valence-corrected chi connectivity index (χ1v) is 8.79. The maximum atomic E-state index is 12.8. The summed E-state index contributed by atoms with van der Waals surface area (Å²) < 4.78 is 15.8. The van der Waals surface area contributed by atoms with Crippen molar-refractivity contribution in [3.8, 4) is 5.75 Å². The lowest BCUT2D eigenvalue weighted by molar-refractivity contribution is 0.0525. The standard InChI is InChI=1S/C20H26N2O5/c1-6-26-20(24)17-13(3)18(21-14(17)4)19(23)22-15-8-7-12(2)11-16(15)27-10-9-25-5/h7-8,11,21H,6,9-10H2,1-5H3,(H,22,23). The molecule has 0 aliphatic carbocycles. The summed E-state index contributed by atoms with van der Waals surface area (Å²) in [4.78, 5) is 27.9. The maximum Gasteiger partial charge on any atom is 0.340 e. The number of carbonyl (C=O) groups is 2. The number of amides is 1. The van der Waals surface area contributed by atoms with Gasteiger partial charge in [0.15, 0.2) is 0 Å². The molecule has 2 aromatic rings. The van der Waals surface area contributed by atoms with Crippen LogP contribution in [-0.2, 0) is 9.47 Å². The Morgan fingerprint density at radius 3 is 2.56 bits per heavy atom. The predicted molar refractivity (Wildman–Crippen MR) is 103 cm³/mol. The Kier molecular flexibility index (Phi) is 7.01. The Morgan fingerprint density at radius 2 is 1.89 bits per heavy atom. The van der Waals surface area contributed by atoms with E-state index in [-0.39, 0.29) is 12.5 Å². The zero-order valence-electron chi connectivity index (χ0n) is 16.4. The van der Waals surface area contributed by atoms with E-state index in [1.54, 1.807) is 33.9 Å². The van der Waals surface area contributed by atoms with Gasteiger partial charge >= 0.3 is 5.97 Å². The molecule has 0 fully saturated rings. The molecule has 0 saturated heterocycles. The summed E-state index contributed by atoms with van der Waals surface area (Å²) in [5.74, 6) is -0.236. The molecule has 0 saturated carbocycles. The minimum atomic E-state index is -0.443. The Labute approximate surface area is 159 Å². The van der Waals surface area contributed by atoms with Gasteiger partial charge in [-0.05, 0) is 51.0 Å². The molecule has 1 aromatic heterocycles. The van der Waals surface area contributed by atoms with Crippen LogP contribution in [0.2, 0.25) is 0 Å². The Hall–Kier alpha value is -2.80. The van der Waals surface area contributed by atoms with Gasteiger partial charge in [-0.25, -0.2) is 4.79 Å². The third-order valence-electron chi connectivity index (χ3n) is 4.07. The number of hydrogen-bond donors (Lipinski definition) is 2. The largest absolute Gasteiger partial charge is 0.489 e. The zero-order chi connectivity index (χ0) is 20.0. The van der Waals surface area contributed by atoms with E-state index in [0.29, 0.717) is 47.2 Å². The molecule has 146 valence electrons. The SMILES string of the molecule is CCOC(=O)c1c(C)[nH]c(C(=O)Nc2ccc(C)cc2OCCOC)c1C. The molecule has 1 aromatic carbocycles. The van der Waals surface area contributed by atoms with E-state index in [1.165, 1.54) is 0 Å². The highest BCUT2D eigenvalue weighted by Crippen LogP contribution is 2.27. The molecule has 0 radical (unpaired) electrons. The van der Waals surface area contributed by atoms with Gasteiger partial charge in [-0.1, -0.05) is 6.07 Å². The van der Waals surface area contributed by atoms with Crippen molar-refractivity contribution < 1.29 is 23.8 Å². The number of aryl methyl sites for hydroxylation is 2. The number of aromatic amines is 1. The average Bonchev–Trinajstić information content (AvgIpc) is 2.92. The Morgan fingerprint density at radius 1 is 1.15 bits per heavy atom. The van der Waals surface area contributed by atoms with Crippen molar-refractivity contribution in [2.24, 2.45) is 0 Å². The normalized spacial score (nSPS) is 10.6. The Bertz CT molecular complexity index is 826. The summed E-state index contributed by atoms with van der Waals surface area (Å²) >= 11 is 0. The quantitative estimate of drug-likeness (QED) is 0.546. The molecule has 0 spiro atoms. The molecule has 0 aliphatic heterocycles. The van der Waals surface area contributed by atoms with Crippen molar-refractivity contribution in [3.05, 3.63) is 46.3 Å². The number of esters is 1. The van der Waals surface area contributed by atoms with E-state index >= 15 is 0 Å². The van der Waals surface area contributed by atoms with Crippen LogP contribution in [0.5, 0.6) is 5.75 Å². The van der Waals surface area contributed by atoms with Gasteiger partial charge in [0.25, 0.3) is 5.91 Å². The molecular weight excluding hydrogens is 348 g/mol. The van der Waals surface area contributed by atoms with Gasteiger partial charge < -0.3 is 24.5 Å². The molecule has 0 unspecified atom stereocenters. The van der Waals surface area contributed by atoms with Crippen LogP contribution < -0.4 is 10.1 Å². The lowest BCUT2D eigenvalue weighted by atomic mass is 10.1. The smallest absolute Gasteiger partial charge is 0.340 e. The van der Waals surface area contributed by atoms with Gasteiger partial charge in [0, 0.05) is 12.8 Å². The van der Waals surface area contributed by atoms with Crippen molar-refractivity contribution in [3.63, 3.8) is 0 Å². The minimum Gasteiger partial charge on any atom is -0.489 e. The van der Waals surface area contributed by atoms with E-state index in [4.69, 9.17) is 14.2 Å². The lowest BCUT2D eigenvalue weighted by Gasteiger charge is -2.13. The second-order valence-electron chi connectivity index (χ2n) is 6.14. The fraction of sp³-hybridized carbons (Fsp3) is 0.400. The number of H-pyrrole nitrogens is 1. The first-order chi connectivity index (χ1) is 12.9. The number of carbonyl (C=O) groups excluding carboxylic acids is 2. The second-order valence-corrected chi connectivity index (χ2v) is 6.14. The summed E-state index contributed by atoms with van der Waals surface area (Å²) in [5, 5.41) is 2.85. The molecule has 7 nitrogen and oxygen atoms in total. The van der Waals surface area contributed by atoms with E-state index in [0.717, 1.165) is 5.56 Å². The number of benzene rings is 1. The highest BCUT2D eigenvalue weighted by molar-refractivity contribution is 6.07. The third-order valence-corrected chi connectivity index (χ3v) is 4.07. The van der Waals surface area contributed by atoms with Crippen LogP contribution in [0.4, 0.5) is 5.69 Å². The zero-order valence-corrected chi connectivity index (χ0v) is 16.4. The predicted octanol–water partition coefficient (Wildman–Crippen LogP) is 3.39. The molecular formula is C20H26N2O5. The molecule has 0 atom stereocenters. The lowest BCUT2D eigenvalue weighted by Crippen LogP contribution is -2.16. The molecule has 2 rings (SSSR count). The number of ether oxygens (including phenoxy) is 3. The van der Waals surface area contributed by atoms with Crippen molar-refractivity contribution in [2.45, 2.75) is 27.7 Å². The maximum absolute atomic E-state index is 12.8. The number of nitrogens with one attached hydrogen (secondary N) is 2. The molecule has 2 N–H and O–H groups in total. The van der Waals surface area contributed by atoms with Crippen molar-refractivity contribution in [2.75, 3.05) is 32.2 Å². The molecule has 27 heavy (non-hydrogen) atoms. The monoisotopic (exact) mass is 374 g/mol. The van der Waals surface area contributed by atoms with Gasteiger partial charge in [0.1, 0.15) is 18.1 Å². The fourth-order valence-electron chi connectivity index (χ4n) is 2.76. The Balaban J connectivity index is 2.25. The van der Waals surface area contributed by atoms with Crippen LogP contribution in [-0.4, -0.2) is 43.8 Å². The number of methoxy groups -OCH3 is 1. The number of rotatable bonds is 8. The van der Waals surface area contributed by atoms with Gasteiger partial charge in [-0.3, -0.25) is 4.79 Å². The fourth-order valence-corrected chi connectivity index (χ4v) is 2.76. The van der Waals surface area contributed by atoms with E-state index < -0.39 is 5.97 Å².